The molecule has 0 aliphatic heterocycles. The van der Waals surface area contributed by atoms with Crippen molar-refractivity contribution in [2.45, 2.75) is 20.8 Å². The van der Waals surface area contributed by atoms with Crippen LogP contribution in [0.4, 0.5) is 5.82 Å². The van der Waals surface area contributed by atoms with Crippen molar-refractivity contribution in [3.8, 4) is 5.82 Å². The van der Waals surface area contributed by atoms with Crippen molar-refractivity contribution in [2.75, 3.05) is 18.4 Å². The Balaban J connectivity index is 1.55. The first-order chi connectivity index (χ1) is 12.1. The summed E-state index contributed by atoms with van der Waals surface area (Å²) in [6, 6.07) is 1.82. The maximum atomic E-state index is 12.1. The summed E-state index contributed by atoms with van der Waals surface area (Å²) in [6.45, 7) is 6.32. The Hall–Kier alpha value is -3.23. The topological polar surface area (TPSA) is 111 Å². The van der Waals surface area contributed by atoms with Crippen molar-refractivity contribution in [3.05, 3.63) is 47.6 Å². The van der Waals surface area contributed by atoms with Gasteiger partial charge in [0.15, 0.2) is 0 Å². The first-order valence-corrected chi connectivity index (χ1v) is 7.83. The number of anilines is 1. The quantitative estimate of drug-likeness (QED) is 0.652. The Bertz CT molecular complexity index is 865. The SMILES string of the molecule is Cc1noc(C)c1C(=O)NCCNc1cc(-n2ccnc2C)ncn1. The molecule has 2 N–H and O–H groups in total. The van der Waals surface area contributed by atoms with Gasteiger partial charge in [-0.15, -0.1) is 0 Å². The van der Waals surface area contributed by atoms with Gasteiger partial charge in [0.1, 0.15) is 35.1 Å². The minimum Gasteiger partial charge on any atom is -0.368 e. The maximum absolute atomic E-state index is 12.1. The summed E-state index contributed by atoms with van der Waals surface area (Å²) in [5.74, 6) is 2.56. The molecule has 0 aliphatic carbocycles. The van der Waals surface area contributed by atoms with E-state index in [2.05, 4.69) is 30.7 Å². The zero-order valence-electron chi connectivity index (χ0n) is 14.3. The highest BCUT2D eigenvalue weighted by Crippen LogP contribution is 2.12. The lowest BCUT2D eigenvalue weighted by Gasteiger charge is -2.09. The van der Waals surface area contributed by atoms with E-state index in [1.165, 1.54) is 6.33 Å². The van der Waals surface area contributed by atoms with Crippen LogP contribution in [0, 0.1) is 20.8 Å². The molecular weight excluding hydrogens is 322 g/mol. The summed E-state index contributed by atoms with van der Waals surface area (Å²) in [6.07, 6.45) is 5.04. The van der Waals surface area contributed by atoms with Gasteiger partial charge in [-0.25, -0.2) is 15.0 Å². The zero-order chi connectivity index (χ0) is 17.8. The Kier molecular flexibility index (Phi) is 4.73. The number of imidazole rings is 1. The van der Waals surface area contributed by atoms with Gasteiger partial charge in [-0.2, -0.15) is 0 Å². The zero-order valence-corrected chi connectivity index (χ0v) is 14.3. The Labute approximate surface area is 144 Å². The number of rotatable bonds is 6. The lowest BCUT2D eigenvalue weighted by Crippen LogP contribution is -2.29. The molecule has 25 heavy (non-hydrogen) atoms. The van der Waals surface area contributed by atoms with Crippen molar-refractivity contribution in [3.63, 3.8) is 0 Å². The smallest absolute Gasteiger partial charge is 0.256 e. The Morgan fingerprint density at radius 2 is 2.04 bits per heavy atom. The molecule has 1 amide bonds. The van der Waals surface area contributed by atoms with Crippen molar-refractivity contribution < 1.29 is 9.32 Å². The largest absolute Gasteiger partial charge is 0.368 e. The van der Waals surface area contributed by atoms with Gasteiger partial charge in [-0.1, -0.05) is 5.16 Å². The molecule has 0 atom stereocenters. The first kappa shape index (κ1) is 16.6. The molecule has 9 nitrogen and oxygen atoms in total. The van der Waals surface area contributed by atoms with Crippen LogP contribution < -0.4 is 10.6 Å². The number of amides is 1. The van der Waals surface area contributed by atoms with Gasteiger partial charge in [-0.3, -0.25) is 9.36 Å². The molecule has 0 radical (unpaired) electrons. The molecule has 130 valence electrons. The number of nitrogens with one attached hydrogen (secondary N) is 2. The number of nitrogens with zero attached hydrogens (tertiary/aromatic N) is 5. The monoisotopic (exact) mass is 341 g/mol. The van der Waals surface area contributed by atoms with Gasteiger partial charge in [0.25, 0.3) is 5.91 Å². The summed E-state index contributed by atoms with van der Waals surface area (Å²) in [4.78, 5) is 24.7. The van der Waals surface area contributed by atoms with Gasteiger partial charge < -0.3 is 15.2 Å². The van der Waals surface area contributed by atoms with Crippen molar-refractivity contribution in [1.29, 1.82) is 0 Å². The van der Waals surface area contributed by atoms with E-state index in [1.807, 2.05) is 23.8 Å². The number of hydrogen-bond acceptors (Lipinski definition) is 7. The van der Waals surface area contributed by atoms with E-state index >= 15 is 0 Å². The minimum atomic E-state index is -0.199. The molecule has 0 fully saturated rings. The second-order valence-electron chi connectivity index (χ2n) is 5.49. The Morgan fingerprint density at radius 1 is 1.20 bits per heavy atom. The van der Waals surface area contributed by atoms with Gasteiger partial charge in [0.05, 0.1) is 5.69 Å². The normalized spacial score (nSPS) is 10.7. The molecule has 9 heteroatoms. The standard InChI is InChI=1S/C16H19N7O2/c1-10-15(11(2)25-22-10)16(24)19-5-4-18-13-8-14(21-9-20-13)23-7-6-17-12(23)3/h6-9H,4-5H2,1-3H3,(H,19,24)(H,18,20,21). The van der Waals surface area contributed by atoms with Crippen LogP contribution in [0.3, 0.4) is 0 Å². The number of carbonyl (C=O) groups excluding carboxylic acids is 1. The van der Waals surface area contributed by atoms with Crippen LogP contribution in [-0.4, -0.2) is 43.7 Å². The third-order valence-electron chi connectivity index (χ3n) is 3.70. The highest BCUT2D eigenvalue weighted by atomic mass is 16.5. The lowest BCUT2D eigenvalue weighted by molar-refractivity contribution is 0.0953. The summed E-state index contributed by atoms with van der Waals surface area (Å²) >= 11 is 0. The molecular formula is C16H19N7O2. The third-order valence-corrected chi connectivity index (χ3v) is 3.70. The molecule has 0 spiro atoms. The van der Waals surface area contributed by atoms with E-state index in [0.717, 1.165) is 11.6 Å². The van der Waals surface area contributed by atoms with Crippen molar-refractivity contribution in [1.82, 2.24) is 30.0 Å². The molecule has 0 aromatic carbocycles. The number of hydrogen-bond donors (Lipinski definition) is 2. The molecule has 0 saturated heterocycles. The van der Waals surface area contributed by atoms with Crippen LogP contribution in [0.25, 0.3) is 5.82 Å². The van der Waals surface area contributed by atoms with E-state index in [4.69, 9.17) is 4.52 Å². The number of aryl methyl sites for hydroxylation is 3. The molecule has 3 aromatic heterocycles. The van der Waals surface area contributed by atoms with Gasteiger partial charge in [-0.05, 0) is 20.8 Å². The van der Waals surface area contributed by atoms with Crippen LogP contribution >= 0.6 is 0 Å². The molecule has 0 unspecified atom stereocenters. The van der Waals surface area contributed by atoms with E-state index in [0.29, 0.717) is 35.9 Å². The van der Waals surface area contributed by atoms with Crippen LogP contribution in [0.2, 0.25) is 0 Å². The fraction of sp³-hybridized carbons (Fsp3) is 0.312. The van der Waals surface area contributed by atoms with Crippen LogP contribution in [0.1, 0.15) is 27.6 Å². The lowest BCUT2D eigenvalue weighted by atomic mass is 10.2. The summed E-state index contributed by atoms with van der Waals surface area (Å²) in [5.41, 5.74) is 1.07. The number of aromatic nitrogens is 5. The van der Waals surface area contributed by atoms with Gasteiger partial charge >= 0.3 is 0 Å². The van der Waals surface area contributed by atoms with Gasteiger partial charge in [0.2, 0.25) is 0 Å². The summed E-state index contributed by atoms with van der Waals surface area (Å²) in [7, 11) is 0. The Morgan fingerprint density at radius 3 is 2.72 bits per heavy atom. The summed E-state index contributed by atoms with van der Waals surface area (Å²) < 4.78 is 6.87. The van der Waals surface area contributed by atoms with E-state index < -0.39 is 0 Å². The predicted molar refractivity (Wildman–Crippen MR) is 90.7 cm³/mol. The fourth-order valence-electron chi connectivity index (χ4n) is 2.46. The molecule has 0 saturated carbocycles. The second-order valence-corrected chi connectivity index (χ2v) is 5.49. The maximum Gasteiger partial charge on any atom is 0.256 e. The van der Waals surface area contributed by atoms with Crippen molar-refractivity contribution >= 4 is 11.7 Å². The van der Waals surface area contributed by atoms with E-state index in [-0.39, 0.29) is 5.91 Å². The fourth-order valence-corrected chi connectivity index (χ4v) is 2.46. The molecule has 3 rings (SSSR count). The molecule has 3 heterocycles. The second kappa shape index (κ2) is 7.12. The van der Waals surface area contributed by atoms with Crippen LogP contribution in [0.5, 0.6) is 0 Å². The molecule has 3 aromatic rings. The van der Waals surface area contributed by atoms with E-state index in [9.17, 15) is 4.79 Å². The highest BCUT2D eigenvalue weighted by molar-refractivity contribution is 5.96. The molecule has 0 aliphatic rings. The third kappa shape index (κ3) is 3.65. The predicted octanol–water partition coefficient (Wildman–Crippen LogP) is 1.42. The summed E-state index contributed by atoms with van der Waals surface area (Å²) in [5, 5.41) is 9.76. The minimum absolute atomic E-state index is 0.199. The van der Waals surface area contributed by atoms with Crippen molar-refractivity contribution in [2.24, 2.45) is 0 Å². The first-order valence-electron chi connectivity index (χ1n) is 7.83. The van der Waals surface area contributed by atoms with Crippen LogP contribution in [0.15, 0.2) is 29.3 Å². The number of carbonyl (C=O) groups is 1. The highest BCUT2D eigenvalue weighted by Gasteiger charge is 2.16. The average Bonchev–Trinajstić information content (AvgIpc) is 3.17. The van der Waals surface area contributed by atoms with Gasteiger partial charge in [0, 0.05) is 31.5 Å². The molecule has 0 bridgehead atoms. The van der Waals surface area contributed by atoms with Crippen LogP contribution in [-0.2, 0) is 0 Å². The average molecular weight is 341 g/mol. The van der Waals surface area contributed by atoms with E-state index in [1.54, 1.807) is 20.0 Å².